The van der Waals surface area contributed by atoms with Crippen molar-refractivity contribution in [3.05, 3.63) is 0 Å². The Bertz CT molecular complexity index is 76.0. The second-order valence-electron chi connectivity index (χ2n) is 3.70. The summed E-state index contributed by atoms with van der Waals surface area (Å²) in [6, 6.07) is 0. The van der Waals surface area contributed by atoms with Gasteiger partial charge in [0.25, 0.3) is 0 Å². The molecule has 54 valence electrons. The van der Waals surface area contributed by atoms with E-state index in [-0.39, 0.29) is 0 Å². The average Bonchev–Trinajstić information content (AvgIpc) is 2.13. The van der Waals surface area contributed by atoms with Crippen LogP contribution in [0.1, 0.15) is 40.0 Å². The number of hydrogen-bond donors (Lipinski definition) is 0. The first kappa shape index (κ1) is 7.11. The maximum Gasteiger partial charge on any atom is -0.0412 e. The van der Waals surface area contributed by atoms with Gasteiger partial charge in [0.15, 0.2) is 0 Å². The summed E-state index contributed by atoms with van der Waals surface area (Å²) in [6.07, 6.45) is 4.37. The van der Waals surface area contributed by atoms with Crippen molar-refractivity contribution < 1.29 is 0 Å². The zero-order chi connectivity index (χ0) is 6.85. The smallest absolute Gasteiger partial charge is 0.0412 e. The van der Waals surface area contributed by atoms with Gasteiger partial charge in [0.05, 0.1) is 0 Å². The number of rotatable bonds is 1. The van der Waals surface area contributed by atoms with E-state index in [9.17, 15) is 0 Å². The van der Waals surface area contributed by atoms with Crippen LogP contribution in [0.25, 0.3) is 0 Å². The zero-order valence-corrected chi connectivity index (χ0v) is 6.85. The van der Waals surface area contributed by atoms with Gasteiger partial charge in [-0.1, -0.05) is 27.2 Å². The van der Waals surface area contributed by atoms with Gasteiger partial charge < -0.3 is 0 Å². The molecule has 0 aliphatic heterocycles. The lowest BCUT2D eigenvalue weighted by Gasteiger charge is -2.04. The molecular weight excluding hydrogens is 108 g/mol. The lowest BCUT2D eigenvalue weighted by Crippen LogP contribution is -1.95. The third-order valence-corrected chi connectivity index (χ3v) is 2.96. The summed E-state index contributed by atoms with van der Waals surface area (Å²) < 4.78 is 0. The SMILES string of the molecule is CCC1CC(C)[C@H](C)C1. The molecule has 0 heteroatoms. The fraction of sp³-hybridized carbons (Fsp3) is 1.00. The van der Waals surface area contributed by atoms with E-state index in [1.54, 1.807) is 0 Å². The summed E-state index contributed by atoms with van der Waals surface area (Å²) in [6.45, 7) is 7.09. The summed E-state index contributed by atoms with van der Waals surface area (Å²) in [4.78, 5) is 0. The van der Waals surface area contributed by atoms with Gasteiger partial charge in [0.2, 0.25) is 0 Å². The quantitative estimate of drug-likeness (QED) is 0.506. The maximum atomic E-state index is 2.39. The largest absolute Gasteiger partial charge is 0.0651 e. The Hall–Kier alpha value is 0. The van der Waals surface area contributed by atoms with E-state index in [2.05, 4.69) is 20.8 Å². The van der Waals surface area contributed by atoms with Gasteiger partial charge in [0.1, 0.15) is 0 Å². The average molecular weight is 126 g/mol. The highest BCUT2D eigenvalue weighted by Gasteiger charge is 2.26. The van der Waals surface area contributed by atoms with Crippen molar-refractivity contribution in [1.29, 1.82) is 0 Å². The third-order valence-electron chi connectivity index (χ3n) is 2.96. The highest BCUT2D eigenvalue weighted by molar-refractivity contribution is 4.76. The van der Waals surface area contributed by atoms with Crippen LogP contribution in [0.3, 0.4) is 0 Å². The topological polar surface area (TPSA) is 0 Å². The normalized spacial score (nSPS) is 43.7. The highest BCUT2D eigenvalue weighted by atomic mass is 14.3. The molecule has 3 atom stereocenters. The standard InChI is InChI=1S/C9H18/c1-4-9-5-7(2)8(3)6-9/h7-9H,4-6H2,1-3H3/t7-,8?,9?/m1/s1. The van der Waals surface area contributed by atoms with E-state index in [1.165, 1.54) is 19.3 Å². The molecule has 0 radical (unpaired) electrons. The van der Waals surface area contributed by atoms with Crippen LogP contribution in [0.15, 0.2) is 0 Å². The van der Waals surface area contributed by atoms with Crippen LogP contribution < -0.4 is 0 Å². The lowest BCUT2D eigenvalue weighted by molar-refractivity contribution is 0.457. The Morgan fingerprint density at radius 1 is 1.11 bits per heavy atom. The summed E-state index contributed by atoms with van der Waals surface area (Å²) in [5.74, 6) is 3.04. The second kappa shape index (κ2) is 2.72. The first-order valence-corrected chi connectivity index (χ1v) is 4.24. The van der Waals surface area contributed by atoms with Crippen molar-refractivity contribution in [2.45, 2.75) is 40.0 Å². The Morgan fingerprint density at radius 2 is 1.56 bits per heavy atom. The summed E-state index contributed by atoms with van der Waals surface area (Å²) in [5, 5.41) is 0. The van der Waals surface area contributed by atoms with Gasteiger partial charge >= 0.3 is 0 Å². The molecule has 9 heavy (non-hydrogen) atoms. The van der Waals surface area contributed by atoms with Crippen molar-refractivity contribution in [2.24, 2.45) is 17.8 Å². The molecule has 0 aromatic carbocycles. The molecule has 0 spiro atoms. The Labute approximate surface area is 58.7 Å². The van der Waals surface area contributed by atoms with E-state index in [1.807, 2.05) is 0 Å². The summed E-state index contributed by atoms with van der Waals surface area (Å²) in [5.41, 5.74) is 0. The molecule has 0 saturated heterocycles. The summed E-state index contributed by atoms with van der Waals surface area (Å²) in [7, 11) is 0. The predicted octanol–water partition coefficient (Wildman–Crippen LogP) is 3.08. The molecule has 0 bridgehead atoms. The first-order valence-electron chi connectivity index (χ1n) is 4.24. The second-order valence-corrected chi connectivity index (χ2v) is 3.70. The molecule has 1 saturated carbocycles. The van der Waals surface area contributed by atoms with Gasteiger partial charge in [-0.3, -0.25) is 0 Å². The molecule has 0 N–H and O–H groups in total. The van der Waals surface area contributed by atoms with Crippen LogP contribution in [-0.2, 0) is 0 Å². The Balaban J connectivity index is 2.35. The van der Waals surface area contributed by atoms with Gasteiger partial charge in [-0.15, -0.1) is 0 Å². The van der Waals surface area contributed by atoms with Crippen LogP contribution >= 0.6 is 0 Å². The van der Waals surface area contributed by atoms with Gasteiger partial charge in [-0.25, -0.2) is 0 Å². The highest BCUT2D eigenvalue weighted by Crippen LogP contribution is 2.36. The molecule has 0 nitrogen and oxygen atoms in total. The monoisotopic (exact) mass is 126 g/mol. The van der Waals surface area contributed by atoms with E-state index in [0.29, 0.717) is 0 Å². The third kappa shape index (κ3) is 1.47. The molecular formula is C9H18. The molecule has 2 unspecified atom stereocenters. The molecule has 1 aliphatic carbocycles. The van der Waals surface area contributed by atoms with E-state index >= 15 is 0 Å². The predicted molar refractivity (Wildman–Crippen MR) is 41.3 cm³/mol. The maximum absolute atomic E-state index is 2.39. The minimum atomic E-state index is 0.995. The minimum absolute atomic E-state index is 0.995. The van der Waals surface area contributed by atoms with Gasteiger partial charge in [-0.05, 0) is 30.6 Å². The number of hydrogen-bond acceptors (Lipinski definition) is 0. The molecule has 0 amide bonds. The van der Waals surface area contributed by atoms with Crippen molar-refractivity contribution in [3.63, 3.8) is 0 Å². The molecule has 1 aliphatic rings. The van der Waals surface area contributed by atoms with Crippen molar-refractivity contribution in [3.8, 4) is 0 Å². The van der Waals surface area contributed by atoms with Crippen molar-refractivity contribution in [1.82, 2.24) is 0 Å². The molecule has 0 aromatic heterocycles. The lowest BCUT2D eigenvalue weighted by atomic mass is 10.0. The molecule has 0 heterocycles. The van der Waals surface area contributed by atoms with Gasteiger partial charge in [-0.2, -0.15) is 0 Å². The zero-order valence-electron chi connectivity index (χ0n) is 6.85. The van der Waals surface area contributed by atoms with Crippen molar-refractivity contribution >= 4 is 0 Å². The molecule has 1 fully saturated rings. The van der Waals surface area contributed by atoms with E-state index < -0.39 is 0 Å². The first-order chi connectivity index (χ1) is 4.24. The van der Waals surface area contributed by atoms with E-state index in [4.69, 9.17) is 0 Å². The summed E-state index contributed by atoms with van der Waals surface area (Å²) >= 11 is 0. The van der Waals surface area contributed by atoms with Crippen molar-refractivity contribution in [2.75, 3.05) is 0 Å². The molecule has 1 rings (SSSR count). The van der Waals surface area contributed by atoms with E-state index in [0.717, 1.165) is 17.8 Å². The van der Waals surface area contributed by atoms with Gasteiger partial charge in [0, 0.05) is 0 Å². The van der Waals surface area contributed by atoms with Crippen LogP contribution in [-0.4, -0.2) is 0 Å². The van der Waals surface area contributed by atoms with Crippen LogP contribution in [0.4, 0.5) is 0 Å². The Morgan fingerprint density at radius 3 is 1.78 bits per heavy atom. The fourth-order valence-corrected chi connectivity index (χ4v) is 1.95. The minimum Gasteiger partial charge on any atom is -0.0651 e. The van der Waals surface area contributed by atoms with Crippen LogP contribution in [0, 0.1) is 17.8 Å². The Kier molecular flexibility index (Phi) is 2.15. The van der Waals surface area contributed by atoms with Crippen LogP contribution in [0.5, 0.6) is 0 Å². The molecule has 0 aromatic rings. The van der Waals surface area contributed by atoms with Crippen LogP contribution in [0.2, 0.25) is 0 Å². The fourth-order valence-electron chi connectivity index (χ4n) is 1.95.